The van der Waals surface area contributed by atoms with Gasteiger partial charge in [-0.1, -0.05) is 0 Å². The number of anilines is 1. The number of pyridine rings is 1. The Labute approximate surface area is 105 Å². The van der Waals surface area contributed by atoms with Crippen LogP contribution in [0.25, 0.3) is 0 Å². The van der Waals surface area contributed by atoms with E-state index in [4.69, 9.17) is 5.73 Å². The van der Waals surface area contributed by atoms with Crippen LogP contribution in [0.4, 0.5) is 19.0 Å². The van der Waals surface area contributed by atoms with Crippen molar-refractivity contribution in [3.8, 4) is 0 Å². The van der Waals surface area contributed by atoms with Crippen LogP contribution in [-0.2, 0) is 12.7 Å². The lowest BCUT2D eigenvalue weighted by Gasteiger charge is -2.10. The van der Waals surface area contributed by atoms with Crippen LogP contribution in [0.5, 0.6) is 0 Å². The van der Waals surface area contributed by atoms with Crippen LogP contribution in [0.3, 0.4) is 0 Å². The molecule has 0 fully saturated rings. The zero-order chi connectivity index (χ0) is 14.0. The Hall–Kier alpha value is -2.38. The molecule has 5 nitrogen and oxygen atoms in total. The molecule has 0 saturated carbocycles. The molecule has 0 atom stereocenters. The summed E-state index contributed by atoms with van der Waals surface area (Å²) in [7, 11) is 0. The van der Waals surface area contributed by atoms with E-state index < -0.39 is 17.3 Å². The summed E-state index contributed by atoms with van der Waals surface area (Å²) in [6.07, 6.45) is -2.41. The maximum atomic E-state index is 12.5. The average Bonchev–Trinajstić information content (AvgIpc) is 2.30. The fourth-order valence-corrected chi connectivity index (χ4v) is 1.47. The topological polar surface area (TPSA) is 73.8 Å². The van der Waals surface area contributed by atoms with Gasteiger partial charge < -0.3 is 10.3 Å². The number of nitrogen functional groups attached to an aromatic ring is 1. The third-order valence-corrected chi connectivity index (χ3v) is 2.35. The van der Waals surface area contributed by atoms with Crippen LogP contribution in [0.2, 0.25) is 0 Å². The van der Waals surface area contributed by atoms with Crippen molar-refractivity contribution in [1.29, 1.82) is 0 Å². The van der Waals surface area contributed by atoms with E-state index >= 15 is 0 Å². The number of alkyl halides is 3. The van der Waals surface area contributed by atoms with E-state index in [1.807, 2.05) is 0 Å². The fraction of sp³-hybridized carbons (Fsp3) is 0.182. The lowest BCUT2D eigenvalue weighted by Crippen LogP contribution is -2.22. The first kappa shape index (κ1) is 13.1. The summed E-state index contributed by atoms with van der Waals surface area (Å²) in [6, 6.07) is 3.03. The Morgan fingerprint density at radius 3 is 2.63 bits per heavy atom. The molecule has 0 aliphatic carbocycles. The summed E-state index contributed by atoms with van der Waals surface area (Å²) in [4.78, 5) is 19.2. The molecule has 0 radical (unpaired) electrons. The molecule has 0 amide bonds. The lowest BCUT2D eigenvalue weighted by atomic mass is 10.3. The average molecular weight is 270 g/mol. The van der Waals surface area contributed by atoms with Crippen LogP contribution in [0.15, 0.2) is 35.4 Å². The number of nitrogens with two attached hydrogens (primary N) is 1. The summed E-state index contributed by atoms with van der Waals surface area (Å²) in [5.74, 6) is 0.353. The molecule has 0 aliphatic rings. The summed E-state index contributed by atoms with van der Waals surface area (Å²) in [6.45, 7) is -0.173. The number of aromatic nitrogens is 3. The first-order chi connectivity index (χ1) is 8.86. The number of halogens is 3. The largest absolute Gasteiger partial charge is 0.417 e. The molecule has 0 aliphatic heterocycles. The number of nitrogens with zero attached hydrogens (tertiary/aromatic N) is 3. The molecule has 100 valence electrons. The van der Waals surface area contributed by atoms with Crippen molar-refractivity contribution in [2.45, 2.75) is 12.7 Å². The van der Waals surface area contributed by atoms with Gasteiger partial charge in [0.15, 0.2) is 0 Å². The molecule has 19 heavy (non-hydrogen) atoms. The first-order valence-corrected chi connectivity index (χ1v) is 5.21. The van der Waals surface area contributed by atoms with Crippen molar-refractivity contribution in [2.24, 2.45) is 0 Å². The maximum Gasteiger partial charge on any atom is 0.417 e. The summed E-state index contributed by atoms with van der Waals surface area (Å²) >= 11 is 0. The van der Waals surface area contributed by atoms with Crippen LogP contribution >= 0.6 is 0 Å². The molecule has 0 bridgehead atoms. The lowest BCUT2D eigenvalue weighted by molar-refractivity contribution is -0.138. The van der Waals surface area contributed by atoms with Gasteiger partial charge in [-0.2, -0.15) is 13.2 Å². The molecule has 0 saturated heterocycles. The van der Waals surface area contributed by atoms with E-state index in [1.165, 1.54) is 12.3 Å². The van der Waals surface area contributed by atoms with Crippen molar-refractivity contribution in [3.05, 3.63) is 52.3 Å². The molecular weight excluding hydrogens is 261 g/mol. The van der Waals surface area contributed by atoms with E-state index in [2.05, 4.69) is 9.97 Å². The second kappa shape index (κ2) is 4.71. The van der Waals surface area contributed by atoms with Crippen LogP contribution in [-0.4, -0.2) is 14.5 Å². The minimum Gasteiger partial charge on any atom is -0.384 e. The van der Waals surface area contributed by atoms with Gasteiger partial charge >= 0.3 is 6.18 Å². The summed E-state index contributed by atoms with van der Waals surface area (Å²) in [5, 5.41) is 0. The highest BCUT2D eigenvalue weighted by Gasteiger charge is 2.31. The van der Waals surface area contributed by atoms with Crippen LogP contribution in [0, 0.1) is 0 Å². The van der Waals surface area contributed by atoms with Gasteiger partial charge in [0.1, 0.15) is 11.6 Å². The molecule has 2 N–H and O–H groups in total. The Morgan fingerprint density at radius 1 is 1.26 bits per heavy atom. The molecule has 0 unspecified atom stereocenters. The molecule has 0 spiro atoms. The number of hydrogen-bond donors (Lipinski definition) is 1. The van der Waals surface area contributed by atoms with E-state index in [0.717, 1.165) is 22.9 Å². The van der Waals surface area contributed by atoms with Crippen LogP contribution in [0.1, 0.15) is 11.4 Å². The second-order valence-electron chi connectivity index (χ2n) is 3.78. The van der Waals surface area contributed by atoms with Gasteiger partial charge in [-0.15, -0.1) is 0 Å². The number of hydrogen-bond acceptors (Lipinski definition) is 4. The van der Waals surface area contributed by atoms with Gasteiger partial charge in [0.25, 0.3) is 5.56 Å². The highest BCUT2D eigenvalue weighted by Crippen LogP contribution is 2.28. The normalized spacial score (nSPS) is 11.5. The SMILES string of the molecule is Nc1ccnc(Cn2cc(C(F)(F)F)ccc2=O)n1. The van der Waals surface area contributed by atoms with E-state index in [0.29, 0.717) is 0 Å². The Bertz CT molecular complexity index is 651. The zero-order valence-electron chi connectivity index (χ0n) is 9.55. The number of rotatable bonds is 2. The Morgan fingerprint density at radius 2 is 2.00 bits per heavy atom. The first-order valence-electron chi connectivity index (χ1n) is 5.21. The Balaban J connectivity index is 2.37. The van der Waals surface area contributed by atoms with Crippen molar-refractivity contribution in [2.75, 3.05) is 5.73 Å². The molecule has 2 aromatic heterocycles. The van der Waals surface area contributed by atoms with Crippen molar-refractivity contribution < 1.29 is 13.2 Å². The molecule has 8 heteroatoms. The van der Waals surface area contributed by atoms with Gasteiger partial charge in [0.2, 0.25) is 0 Å². The van der Waals surface area contributed by atoms with Gasteiger partial charge in [-0.3, -0.25) is 4.79 Å². The molecule has 2 heterocycles. The van der Waals surface area contributed by atoms with E-state index in [1.54, 1.807) is 0 Å². The predicted molar refractivity (Wildman–Crippen MR) is 61.3 cm³/mol. The molecule has 2 aromatic rings. The van der Waals surface area contributed by atoms with E-state index in [9.17, 15) is 18.0 Å². The van der Waals surface area contributed by atoms with Gasteiger partial charge in [0.05, 0.1) is 12.1 Å². The standard InChI is InChI=1S/C11H9F3N4O/c12-11(13,14)7-1-2-10(19)18(5-7)6-9-16-4-3-8(15)17-9/h1-5H,6H2,(H2,15,16,17). The second-order valence-corrected chi connectivity index (χ2v) is 3.78. The Kier molecular flexibility index (Phi) is 3.24. The highest BCUT2D eigenvalue weighted by atomic mass is 19.4. The minimum absolute atomic E-state index is 0.168. The monoisotopic (exact) mass is 270 g/mol. The maximum absolute atomic E-state index is 12.5. The third kappa shape index (κ3) is 3.09. The van der Waals surface area contributed by atoms with Gasteiger partial charge in [0, 0.05) is 18.5 Å². The van der Waals surface area contributed by atoms with E-state index in [-0.39, 0.29) is 18.2 Å². The molecule has 0 aromatic carbocycles. The smallest absolute Gasteiger partial charge is 0.384 e. The molecule has 2 rings (SSSR count). The van der Waals surface area contributed by atoms with Gasteiger partial charge in [-0.25, -0.2) is 9.97 Å². The fourth-order valence-electron chi connectivity index (χ4n) is 1.47. The van der Waals surface area contributed by atoms with Crippen molar-refractivity contribution in [3.63, 3.8) is 0 Å². The van der Waals surface area contributed by atoms with Crippen LogP contribution < -0.4 is 11.3 Å². The third-order valence-electron chi connectivity index (χ3n) is 2.35. The minimum atomic E-state index is -4.51. The summed E-state index contributed by atoms with van der Waals surface area (Å²) in [5.41, 5.74) is 3.95. The van der Waals surface area contributed by atoms with Crippen molar-refractivity contribution >= 4 is 5.82 Å². The van der Waals surface area contributed by atoms with Crippen molar-refractivity contribution in [1.82, 2.24) is 14.5 Å². The van der Waals surface area contributed by atoms with Gasteiger partial charge in [-0.05, 0) is 12.1 Å². The zero-order valence-corrected chi connectivity index (χ0v) is 9.55. The predicted octanol–water partition coefficient (Wildman–Crippen LogP) is 1.29. The summed E-state index contributed by atoms with van der Waals surface area (Å²) < 4.78 is 38.5. The highest BCUT2D eigenvalue weighted by molar-refractivity contribution is 5.25. The quantitative estimate of drug-likeness (QED) is 0.892. The molecular formula is C11H9F3N4O.